The van der Waals surface area contributed by atoms with Gasteiger partial charge >= 0.3 is 0 Å². The van der Waals surface area contributed by atoms with Gasteiger partial charge in [0.2, 0.25) is 0 Å². The minimum Gasteiger partial charge on any atom is -0.357 e. The lowest BCUT2D eigenvalue weighted by Crippen LogP contribution is -2.50. The molecular formula is C19H24N2. The second-order valence-electron chi connectivity index (χ2n) is 7.26. The van der Waals surface area contributed by atoms with Crippen LogP contribution in [0, 0.1) is 5.92 Å². The molecule has 2 fully saturated rings. The Balaban J connectivity index is 1.58. The molecule has 1 aliphatic carbocycles. The zero-order valence-electron chi connectivity index (χ0n) is 12.6. The Morgan fingerprint density at radius 3 is 2.90 bits per heavy atom. The number of H-pyrrole nitrogens is 1. The number of hydrogen-bond acceptors (Lipinski definition) is 1. The zero-order chi connectivity index (χ0) is 13.8. The number of piperidine rings is 1. The average Bonchev–Trinajstić information content (AvgIpc) is 2.93. The lowest BCUT2D eigenvalue weighted by Gasteiger charge is -2.50. The van der Waals surface area contributed by atoms with Crippen LogP contribution in [0.5, 0.6) is 0 Å². The van der Waals surface area contributed by atoms with Crippen LogP contribution in [0.25, 0.3) is 10.9 Å². The van der Waals surface area contributed by atoms with Crippen LogP contribution in [0.2, 0.25) is 0 Å². The molecule has 0 spiro atoms. The number of rotatable bonds is 0. The first-order valence-electron chi connectivity index (χ1n) is 8.77. The molecule has 3 atom stereocenters. The molecule has 1 saturated heterocycles. The lowest BCUT2D eigenvalue weighted by atomic mass is 9.74. The molecule has 2 nitrogen and oxygen atoms in total. The molecule has 0 radical (unpaired) electrons. The summed E-state index contributed by atoms with van der Waals surface area (Å²) >= 11 is 0. The molecule has 3 aliphatic rings. The third-order valence-corrected chi connectivity index (χ3v) is 6.31. The van der Waals surface area contributed by atoms with Gasteiger partial charge in [0.05, 0.1) is 6.04 Å². The summed E-state index contributed by atoms with van der Waals surface area (Å²) in [6.07, 6.45) is 9.88. The van der Waals surface area contributed by atoms with E-state index in [9.17, 15) is 0 Å². The fourth-order valence-corrected chi connectivity index (χ4v) is 5.38. The smallest absolute Gasteiger partial charge is 0.0504 e. The first kappa shape index (κ1) is 12.3. The molecular weight excluding hydrogens is 256 g/mol. The Kier molecular flexibility index (Phi) is 2.69. The average molecular weight is 280 g/mol. The number of nitrogens with one attached hydrogen (secondary N) is 1. The number of para-hydroxylation sites is 1. The van der Waals surface area contributed by atoms with Gasteiger partial charge in [-0.25, -0.2) is 0 Å². The van der Waals surface area contributed by atoms with E-state index >= 15 is 0 Å². The van der Waals surface area contributed by atoms with E-state index in [1.807, 2.05) is 0 Å². The fourth-order valence-electron chi connectivity index (χ4n) is 5.38. The van der Waals surface area contributed by atoms with Gasteiger partial charge in [-0.3, -0.25) is 4.90 Å². The van der Waals surface area contributed by atoms with Gasteiger partial charge in [0.15, 0.2) is 0 Å². The van der Waals surface area contributed by atoms with Crippen molar-refractivity contribution in [3.8, 4) is 0 Å². The third-order valence-electron chi connectivity index (χ3n) is 6.31. The van der Waals surface area contributed by atoms with Crippen molar-refractivity contribution in [2.75, 3.05) is 6.54 Å². The van der Waals surface area contributed by atoms with E-state index in [0.717, 1.165) is 12.0 Å². The molecule has 2 aliphatic heterocycles. The highest BCUT2D eigenvalue weighted by atomic mass is 15.2. The fraction of sp³-hybridized carbons (Fsp3) is 0.579. The summed E-state index contributed by atoms with van der Waals surface area (Å²) in [6, 6.07) is 10.4. The summed E-state index contributed by atoms with van der Waals surface area (Å²) in [7, 11) is 0. The molecule has 3 unspecified atom stereocenters. The van der Waals surface area contributed by atoms with Gasteiger partial charge in [0.1, 0.15) is 0 Å². The van der Waals surface area contributed by atoms with Crippen LogP contribution in [0.1, 0.15) is 55.8 Å². The summed E-state index contributed by atoms with van der Waals surface area (Å²) < 4.78 is 0. The van der Waals surface area contributed by atoms with Crippen LogP contribution in [-0.4, -0.2) is 22.5 Å². The number of aromatic amines is 1. The second-order valence-corrected chi connectivity index (χ2v) is 7.26. The van der Waals surface area contributed by atoms with Gasteiger partial charge in [0, 0.05) is 29.2 Å². The molecule has 2 heteroatoms. The van der Waals surface area contributed by atoms with Crippen LogP contribution >= 0.6 is 0 Å². The van der Waals surface area contributed by atoms with Gasteiger partial charge in [0.25, 0.3) is 0 Å². The maximum atomic E-state index is 3.77. The van der Waals surface area contributed by atoms with Crippen LogP contribution in [-0.2, 0) is 6.42 Å². The standard InChI is InChI=1S/C19H24N2/c1-4-8-17-13(5-1)9-10-18-19-15(11-12-21(17)18)14-6-2-3-7-16(14)20-19/h2-3,6-7,13,17-18,20H,1,4-5,8-12H2. The van der Waals surface area contributed by atoms with E-state index in [0.29, 0.717) is 6.04 Å². The topological polar surface area (TPSA) is 19.0 Å². The largest absolute Gasteiger partial charge is 0.357 e. The van der Waals surface area contributed by atoms with Crippen LogP contribution in [0.15, 0.2) is 24.3 Å². The molecule has 1 N–H and O–H groups in total. The molecule has 1 saturated carbocycles. The molecule has 2 aromatic rings. The van der Waals surface area contributed by atoms with E-state index in [1.54, 1.807) is 11.3 Å². The van der Waals surface area contributed by atoms with Crippen molar-refractivity contribution in [2.24, 2.45) is 5.92 Å². The van der Waals surface area contributed by atoms with Crippen molar-refractivity contribution in [1.82, 2.24) is 9.88 Å². The van der Waals surface area contributed by atoms with E-state index in [2.05, 4.69) is 34.1 Å². The van der Waals surface area contributed by atoms with Gasteiger partial charge in [-0.05, 0) is 49.7 Å². The van der Waals surface area contributed by atoms with Crippen LogP contribution < -0.4 is 0 Å². The molecule has 21 heavy (non-hydrogen) atoms. The highest BCUT2D eigenvalue weighted by Crippen LogP contribution is 2.46. The van der Waals surface area contributed by atoms with Crippen molar-refractivity contribution in [3.05, 3.63) is 35.5 Å². The maximum absolute atomic E-state index is 3.77. The highest BCUT2D eigenvalue weighted by molar-refractivity contribution is 5.85. The molecule has 1 aromatic heterocycles. The van der Waals surface area contributed by atoms with Crippen molar-refractivity contribution < 1.29 is 0 Å². The number of nitrogens with zero attached hydrogens (tertiary/aromatic N) is 1. The van der Waals surface area contributed by atoms with Gasteiger partial charge in [-0.15, -0.1) is 0 Å². The number of hydrogen-bond donors (Lipinski definition) is 1. The first-order chi connectivity index (χ1) is 10.4. The summed E-state index contributed by atoms with van der Waals surface area (Å²) in [4.78, 5) is 6.64. The van der Waals surface area contributed by atoms with Crippen LogP contribution in [0.4, 0.5) is 0 Å². The minimum absolute atomic E-state index is 0.667. The summed E-state index contributed by atoms with van der Waals surface area (Å²) in [5.74, 6) is 0.987. The van der Waals surface area contributed by atoms with Gasteiger partial charge in [-0.2, -0.15) is 0 Å². The number of fused-ring (bicyclic) bond motifs is 7. The monoisotopic (exact) mass is 280 g/mol. The molecule has 0 amide bonds. The summed E-state index contributed by atoms with van der Waals surface area (Å²) in [6.45, 7) is 1.28. The molecule has 3 heterocycles. The van der Waals surface area contributed by atoms with Crippen LogP contribution in [0.3, 0.4) is 0 Å². The third kappa shape index (κ3) is 1.75. The zero-order valence-corrected chi connectivity index (χ0v) is 12.6. The Bertz CT molecular complexity index is 671. The van der Waals surface area contributed by atoms with Crippen molar-refractivity contribution in [3.63, 3.8) is 0 Å². The molecule has 5 rings (SSSR count). The van der Waals surface area contributed by atoms with E-state index in [-0.39, 0.29) is 0 Å². The summed E-state index contributed by atoms with van der Waals surface area (Å²) in [5, 5.41) is 1.47. The molecule has 0 bridgehead atoms. The highest BCUT2D eigenvalue weighted by Gasteiger charge is 2.42. The second kappa shape index (κ2) is 4.61. The predicted molar refractivity (Wildman–Crippen MR) is 86.4 cm³/mol. The van der Waals surface area contributed by atoms with Crippen molar-refractivity contribution >= 4 is 10.9 Å². The van der Waals surface area contributed by atoms with E-state index in [1.165, 1.54) is 62.4 Å². The number of benzene rings is 1. The van der Waals surface area contributed by atoms with Gasteiger partial charge in [-0.1, -0.05) is 31.0 Å². The number of aromatic nitrogens is 1. The lowest BCUT2D eigenvalue weighted by molar-refractivity contribution is 0.00706. The predicted octanol–water partition coefficient (Wildman–Crippen LogP) is 4.42. The maximum Gasteiger partial charge on any atom is 0.0504 e. The Morgan fingerprint density at radius 1 is 1.00 bits per heavy atom. The first-order valence-corrected chi connectivity index (χ1v) is 8.77. The Morgan fingerprint density at radius 2 is 1.90 bits per heavy atom. The SMILES string of the molecule is c1ccc2c3c([nH]c2c1)C1CCC2CCCCC2N1CC3. The van der Waals surface area contributed by atoms with E-state index < -0.39 is 0 Å². The normalized spacial score (nSPS) is 32.5. The molecule has 110 valence electrons. The van der Waals surface area contributed by atoms with Crippen molar-refractivity contribution in [1.29, 1.82) is 0 Å². The molecule has 1 aromatic carbocycles. The Labute approximate surface area is 126 Å². The summed E-state index contributed by atoms with van der Waals surface area (Å²) in [5.41, 5.74) is 4.50. The Hall–Kier alpha value is -1.28. The minimum atomic E-state index is 0.667. The van der Waals surface area contributed by atoms with E-state index in [4.69, 9.17) is 0 Å². The van der Waals surface area contributed by atoms with Crippen molar-refractivity contribution in [2.45, 2.75) is 57.0 Å². The quantitative estimate of drug-likeness (QED) is 0.757. The van der Waals surface area contributed by atoms with Gasteiger partial charge < -0.3 is 4.98 Å².